The van der Waals surface area contributed by atoms with Crippen molar-refractivity contribution >= 4 is 17.7 Å². The van der Waals surface area contributed by atoms with Crippen molar-refractivity contribution in [2.75, 3.05) is 33.2 Å². The number of carbonyl (C=O) groups is 3. The third-order valence-corrected chi connectivity index (χ3v) is 4.10. The Morgan fingerprint density at radius 2 is 1.73 bits per heavy atom. The Labute approximate surface area is 150 Å². The molecule has 0 bridgehead atoms. The number of amides is 3. The molecule has 2 rings (SSSR count). The smallest absolute Gasteiger partial charge is 0.387 e. The molecule has 0 aromatic heterocycles. The van der Waals surface area contributed by atoms with Crippen molar-refractivity contribution in [3.8, 4) is 5.75 Å². The van der Waals surface area contributed by atoms with E-state index in [1.165, 1.54) is 26.8 Å². The van der Waals surface area contributed by atoms with Crippen molar-refractivity contribution in [1.82, 2.24) is 14.7 Å². The van der Waals surface area contributed by atoms with Gasteiger partial charge < -0.3 is 19.4 Å². The maximum atomic E-state index is 12.3. The molecule has 7 nitrogen and oxygen atoms in total. The second-order valence-electron chi connectivity index (χ2n) is 5.88. The lowest BCUT2D eigenvalue weighted by Crippen LogP contribution is -2.56. The number of carbonyl (C=O) groups excluding carboxylic acids is 3. The summed E-state index contributed by atoms with van der Waals surface area (Å²) in [7, 11) is 1.57. The zero-order valence-corrected chi connectivity index (χ0v) is 14.7. The number of hydrogen-bond donors (Lipinski definition) is 0. The Morgan fingerprint density at radius 3 is 2.31 bits per heavy atom. The van der Waals surface area contributed by atoms with Crippen LogP contribution < -0.4 is 4.74 Å². The number of hydrogen-bond acceptors (Lipinski definition) is 4. The van der Waals surface area contributed by atoms with Crippen LogP contribution in [0, 0.1) is 0 Å². The summed E-state index contributed by atoms with van der Waals surface area (Å²) in [6, 6.07) is 5.95. The van der Waals surface area contributed by atoms with E-state index in [0.717, 1.165) is 5.56 Å². The van der Waals surface area contributed by atoms with Gasteiger partial charge in [-0.1, -0.05) is 12.1 Å². The molecule has 0 atom stereocenters. The van der Waals surface area contributed by atoms with Gasteiger partial charge in [0.2, 0.25) is 5.91 Å². The molecule has 0 N–H and O–H groups in total. The quantitative estimate of drug-likeness (QED) is 0.671. The minimum atomic E-state index is -2.89. The summed E-state index contributed by atoms with van der Waals surface area (Å²) in [6.45, 7) is 0.144. The third kappa shape index (κ3) is 4.90. The van der Waals surface area contributed by atoms with Crippen molar-refractivity contribution in [2.24, 2.45) is 0 Å². The SMILES string of the molecule is CCN1CCN(CC(=O)N(C)Cc2ccc(OC(F)F)cc2)C(=O)C1=O. The van der Waals surface area contributed by atoms with E-state index in [1.807, 2.05) is 0 Å². The Balaban J connectivity index is 1.89. The first-order chi connectivity index (χ1) is 12.3. The van der Waals surface area contributed by atoms with E-state index in [-0.39, 0.29) is 24.7 Å². The van der Waals surface area contributed by atoms with E-state index < -0.39 is 18.4 Å². The average molecular weight is 369 g/mol. The molecule has 1 fully saturated rings. The molecule has 0 spiro atoms. The van der Waals surface area contributed by atoms with Crippen molar-refractivity contribution in [2.45, 2.75) is 20.1 Å². The number of likely N-dealkylation sites (N-methyl/N-ethyl adjacent to an activating group) is 2. The maximum absolute atomic E-state index is 12.3. The van der Waals surface area contributed by atoms with Crippen molar-refractivity contribution in [3.63, 3.8) is 0 Å². The number of rotatable bonds is 7. The van der Waals surface area contributed by atoms with Gasteiger partial charge in [0.1, 0.15) is 12.3 Å². The van der Waals surface area contributed by atoms with E-state index >= 15 is 0 Å². The normalized spacial score (nSPS) is 14.8. The van der Waals surface area contributed by atoms with Crippen LogP contribution in [0.25, 0.3) is 0 Å². The number of nitrogens with zero attached hydrogens (tertiary/aromatic N) is 3. The number of alkyl halides is 2. The fourth-order valence-electron chi connectivity index (χ4n) is 2.59. The molecule has 3 amide bonds. The maximum Gasteiger partial charge on any atom is 0.387 e. The molecule has 1 aromatic carbocycles. The van der Waals surface area contributed by atoms with Crippen LogP contribution in [0.2, 0.25) is 0 Å². The molecule has 1 aliphatic rings. The van der Waals surface area contributed by atoms with Crippen LogP contribution >= 0.6 is 0 Å². The first kappa shape index (κ1) is 19.6. The molecular formula is C17H21F2N3O4. The zero-order chi connectivity index (χ0) is 19.3. The van der Waals surface area contributed by atoms with Crippen molar-refractivity contribution in [3.05, 3.63) is 29.8 Å². The minimum absolute atomic E-state index is 0.0376. The van der Waals surface area contributed by atoms with Gasteiger partial charge >= 0.3 is 18.4 Å². The van der Waals surface area contributed by atoms with Crippen LogP contribution in [0.1, 0.15) is 12.5 Å². The number of ether oxygens (including phenoxy) is 1. The summed E-state index contributed by atoms with van der Waals surface area (Å²) in [5.74, 6) is -1.54. The van der Waals surface area contributed by atoms with Gasteiger partial charge in [-0.05, 0) is 24.6 Å². The summed E-state index contributed by atoms with van der Waals surface area (Å²) in [4.78, 5) is 40.3. The predicted molar refractivity (Wildman–Crippen MR) is 88.4 cm³/mol. The topological polar surface area (TPSA) is 70.2 Å². The highest BCUT2D eigenvalue weighted by Gasteiger charge is 2.32. The molecule has 9 heteroatoms. The van der Waals surface area contributed by atoms with Crippen molar-refractivity contribution < 1.29 is 27.9 Å². The predicted octanol–water partition coefficient (Wildman–Crippen LogP) is 0.937. The van der Waals surface area contributed by atoms with Crippen LogP contribution in [-0.4, -0.2) is 72.3 Å². The lowest BCUT2D eigenvalue weighted by molar-refractivity contribution is -0.157. The van der Waals surface area contributed by atoms with Crippen LogP contribution in [-0.2, 0) is 20.9 Å². The highest BCUT2D eigenvalue weighted by molar-refractivity contribution is 6.35. The summed E-state index contributed by atoms with van der Waals surface area (Å²) in [6.07, 6.45) is 0. The molecule has 1 aromatic rings. The average Bonchev–Trinajstić information content (AvgIpc) is 2.60. The van der Waals surface area contributed by atoms with Gasteiger partial charge in [-0.2, -0.15) is 8.78 Å². The molecular weight excluding hydrogens is 348 g/mol. The lowest BCUT2D eigenvalue weighted by Gasteiger charge is -2.33. The minimum Gasteiger partial charge on any atom is -0.435 e. The van der Waals surface area contributed by atoms with Crippen LogP contribution in [0.15, 0.2) is 24.3 Å². The summed E-state index contributed by atoms with van der Waals surface area (Å²) in [5.41, 5.74) is 0.723. The van der Waals surface area contributed by atoms with E-state index in [2.05, 4.69) is 4.74 Å². The van der Waals surface area contributed by atoms with Gasteiger partial charge in [-0.25, -0.2) is 0 Å². The summed E-state index contributed by atoms with van der Waals surface area (Å²) in [5, 5.41) is 0. The van der Waals surface area contributed by atoms with Gasteiger partial charge in [0.05, 0.1) is 0 Å². The van der Waals surface area contributed by atoms with Gasteiger partial charge in [0.25, 0.3) is 0 Å². The first-order valence-corrected chi connectivity index (χ1v) is 8.17. The summed E-state index contributed by atoms with van der Waals surface area (Å²) >= 11 is 0. The van der Waals surface area contributed by atoms with Crippen LogP contribution in [0.3, 0.4) is 0 Å². The zero-order valence-electron chi connectivity index (χ0n) is 14.7. The van der Waals surface area contributed by atoms with Crippen LogP contribution in [0.4, 0.5) is 8.78 Å². The molecule has 1 saturated heterocycles. The molecule has 0 saturated carbocycles. The van der Waals surface area contributed by atoms with Crippen LogP contribution in [0.5, 0.6) is 5.75 Å². The van der Waals surface area contributed by atoms with Gasteiger partial charge in [0, 0.05) is 33.2 Å². The summed E-state index contributed by atoms with van der Waals surface area (Å²) < 4.78 is 28.5. The molecule has 0 radical (unpaired) electrons. The third-order valence-electron chi connectivity index (χ3n) is 4.10. The molecule has 0 aliphatic carbocycles. The Kier molecular flexibility index (Phi) is 6.48. The molecule has 26 heavy (non-hydrogen) atoms. The molecule has 142 valence electrons. The van der Waals surface area contributed by atoms with Gasteiger partial charge in [0.15, 0.2) is 0 Å². The second-order valence-corrected chi connectivity index (χ2v) is 5.88. The fourth-order valence-corrected chi connectivity index (χ4v) is 2.59. The monoisotopic (exact) mass is 369 g/mol. The first-order valence-electron chi connectivity index (χ1n) is 8.17. The highest BCUT2D eigenvalue weighted by atomic mass is 19.3. The lowest BCUT2D eigenvalue weighted by atomic mass is 10.2. The molecule has 0 unspecified atom stereocenters. The largest absolute Gasteiger partial charge is 0.435 e. The van der Waals surface area contributed by atoms with E-state index in [1.54, 1.807) is 26.1 Å². The highest BCUT2D eigenvalue weighted by Crippen LogP contribution is 2.16. The van der Waals surface area contributed by atoms with Crippen molar-refractivity contribution in [1.29, 1.82) is 0 Å². The molecule has 1 aliphatic heterocycles. The van der Waals surface area contributed by atoms with E-state index in [4.69, 9.17) is 0 Å². The van der Waals surface area contributed by atoms with E-state index in [9.17, 15) is 23.2 Å². The Hall–Kier alpha value is -2.71. The second kappa shape index (κ2) is 8.59. The Morgan fingerprint density at radius 1 is 1.15 bits per heavy atom. The van der Waals surface area contributed by atoms with Gasteiger partial charge in [-0.15, -0.1) is 0 Å². The Bertz CT molecular complexity index is 666. The fraction of sp³-hybridized carbons (Fsp3) is 0.471. The number of piperazine rings is 1. The van der Waals surface area contributed by atoms with E-state index in [0.29, 0.717) is 19.6 Å². The molecule has 1 heterocycles. The number of halogens is 2. The standard InChI is InChI=1S/C17H21F2N3O4/c1-3-21-8-9-22(16(25)15(21)24)11-14(23)20(2)10-12-4-6-13(7-5-12)26-17(18)19/h4-7,17H,3,8-11H2,1-2H3. The number of benzene rings is 1. The van der Waals surface area contributed by atoms with Gasteiger partial charge in [-0.3, -0.25) is 14.4 Å².